The van der Waals surface area contributed by atoms with Gasteiger partial charge in [0.2, 0.25) is 0 Å². The highest BCUT2D eigenvalue weighted by atomic mass is 79.9. The first-order chi connectivity index (χ1) is 13.4. The second-order valence-corrected chi connectivity index (χ2v) is 8.96. The number of halogens is 1. The Kier molecular flexibility index (Phi) is 4.82. The third-order valence-corrected chi connectivity index (χ3v) is 6.88. The van der Waals surface area contributed by atoms with Crippen LogP contribution in [0.1, 0.15) is 23.4 Å². The van der Waals surface area contributed by atoms with Gasteiger partial charge in [-0.15, -0.1) is 11.3 Å². The van der Waals surface area contributed by atoms with E-state index in [0.717, 1.165) is 10.4 Å². The summed E-state index contributed by atoms with van der Waals surface area (Å²) < 4.78 is 2.42. The summed E-state index contributed by atoms with van der Waals surface area (Å²) >= 11 is 5.88. The second kappa shape index (κ2) is 7.16. The Morgan fingerprint density at radius 2 is 2.14 bits per heavy atom. The van der Waals surface area contributed by atoms with E-state index >= 15 is 0 Å². The molecule has 1 atom stereocenters. The monoisotopic (exact) mass is 476 g/mol. The Hall–Kier alpha value is -2.49. The number of thiophene rings is 1. The number of allylic oxidation sites excluding steroid dienone is 1. The van der Waals surface area contributed by atoms with Gasteiger partial charge in [-0.3, -0.25) is 9.36 Å². The highest BCUT2D eigenvalue weighted by molar-refractivity contribution is 9.10. The summed E-state index contributed by atoms with van der Waals surface area (Å²) in [5, 5.41) is 21.2. The van der Waals surface area contributed by atoms with Crippen LogP contribution in [-0.2, 0) is 4.79 Å². The maximum atomic E-state index is 13.2. The van der Waals surface area contributed by atoms with Crippen molar-refractivity contribution in [3.05, 3.63) is 81.6 Å². The number of aliphatic carboxylic acids is 1. The molecule has 0 saturated carbocycles. The standard InChI is InChI=1S/C19H13BrN2O4S2/c1-9-15(18(25)26)16(13-3-2-6-27-13)22-17(24)14(28-19(22)21-9)8-10-4-5-12(23)11(20)7-10/h2-8,16,23H,1H3,(H,25,26). The van der Waals surface area contributed by atoms with E-state index in [2.05, 4.69) is 20.9 Å². The summed E-state index contributed by atoms with van der Waals surface area (Å²) in [5.74, 6) is -0.977. The molecule has 0 amide bonds. The van der Waals surface area contributed by atoms with Crippen molar-refractivity contribution in [1.29, 1.82) is 0 Å². The molecule has 9 heteroatoms. The molecule has 1 aromatic carbocycles. The average molecular weight is 477 g/mol. The summed E-state index contributed by atoms with van der Waals surface area (Å²) in [5.41, 5.74) is 0.939. The molecule has 3 aromatic rings. The minimum Gasteiger partial charge on any atom is -0.507 e. The van der Waals surface area contributed by atoms with Crippen LogP contribution in [0.3, 0.4) is 0 Å². The fraction of sp³-hybridized carbons (Fsp3) is 0.105. The van der Waals surface area contributed by atoms with Crippen molar-refractivity contribution in [3.8, 4) is 5.75 Å². The molecule has 1 aliphatic heterocycles. The summed E-state index contributed by atoms with van der Waals surface area (Å²) in [6, 6.07) is 7.89. The van der Waals surface area contributed by atoms with Crippen molar-refractivity contribution >= 4 is 50.6 Å². The van der Waals surface area contributed by atoms with Gasteiger partial charge < -0.3 is 10.2 Å². The largest absolute Gasteiger partial charge is 0.507 e. The van der Waals surface area contributed by atoms with E-state index in [0.29, 0.717) is 19.5 Å². The van der Waals surface area contributed by atoms with Gasteiger partial charge in [-0.1, -0.05) is 23.5 Å². The molecule has 0 spiro atoms. The number of benzene rings is 1. The fourth-order valence-corrected chi connectivity index (χ4v) is 5.34. The third kappa shape index (κ3) is 3.15. The number of fused-ring (bicyclic) bond motifs is 1. The SMILES string of the molecule is CC1=C(C(=O)O)C(c2cccs2)n2c(sc(=Cc3ccc(O)c(Br)c3)c2=O)=N1. The predicted octanol–water partition coefficient (Wildman–Crippen LogP) is 2.85. The van der Waals surface area contributed by atoms with Crippen LogP contribution in [0.25, 0.3) is 6.08 Å². The van der Waals surface area contributed by atoms with E-state index < -0.39 is 12.0 Å². The molecule has 3 heterocycles. The molecule has 1 unspecified atom stereocenters. The summed E-state index contributed by atoms with van der Waals surface area (Å²) in [6.07, 6.45) is 1.71. The maximum Gasteiger partial charge on any atom is 0.335 e. The first-order valence-corrected chi connectivity index (χ1v) is 10.6. The lowest BCUT2D eigenvalue weighted by Gasteiger charge is -2.21. The molecule has 6 nitrogen and oxygen atoms in total. The topological polar surface area (TPSA) is 91.9 Å². The molecule has 2 aromatic heterocycles. The average Bonchev–Trinajstić information content (AvgIpc) is 3.26. The number of carboxylic acids is 1. The van der Waals surface area contributed by atoms with Crippen molar-refractivity contribution in [2.75, 3.05) is 0 Å². The number of hydrogen-bond donors (Lipinski definition) is 2. The van der Waals surface area contributed by atoms with Crippen LogP contribution >= 0.6 is 38.6 Å². The fourth-order valence-electron chi connectivity index (χ4n) is 3.08. The van der Waals surface area contributed by atoms with E-state index in [-0.39, 0.29) is 16.9 Å². The molecule has 1 aliphatic rings. The highest BCUT2D eigenvalue weighted by Gasteiger charge is 2.32. The molecule has 142 valence electrons. The number of rotatable bonds is 3. The van der Waals surface area contributed by atoms with Gasteiger partial charge in [-0.25, -0.2) is 9.79 Å². The van der Waals surface area contributed by atoms with Crippen LogP contribution in [-0.4, -0.2) is 20.7 Å². The lowest BCUT2D eigenvalue weighted by molar-refractivity contribution is -0.133. The molecular formula is C19H13BrN2O4S2. The number of hydrogen-bond acceptors (Lipinski definition) is 6. The van der Waals surface area contributed by atoms with Crippen LogP contribution in [0.2, 0.25) is 0 Å². The normalized spacial score (nSPS) is 16.8. The Balaban J connectivity index is 1.97. The number of carboxylic acid groups (broad SMARTS) is 1. The van der Waals surface area contributed by atoms with Gasteiger partial charge in [0.05, 0.1) is 20.3 Å². The minimum absolute atomic E-state index is 0.105. The Bertz CT molecular complexity index is 1300. The van der Waals surface area contributed by atoms with Gasteiger partial charge in [-0.2, -0.15) is 0 Å². The quantitative estimate of drug-likeness (QED) is 0.607. The zero-order valence-electron chi connectivity index (χ0n) is 14.4. The molecule has 28 heavy (non-hydrogen) atoms. The number of nitrogens with zero attached hydrogens (tertiary/aromatic N) is 2. The minimum atomic E-state index is -1.09. The third-order valence-electron chi connectivity index (χ3n) is 4.33. The van der Waals surface area contributed by atoms with E-state index in [1.54, 1.807) is 25.1 Å². The molecule has 2 N–H and O–H groups in total. The van der Waals surface area contributed by atoms with Crippen LogP contribution < -0.4 is 14.9 Å². The van der Waals surface area contributed by atoms with Gasteiger partial charge in [0, 0.05) is 4.88 Å². The smallest absolute Gasteiger partial charge is 0.335 e. The molecule has 0 aliphatic carbocycles. The number of carbonyl (C=O) groups is 1. The van der Waals surface area contributed by atoms with Gasteiger partial charge in [0.1, 0.15) is 11.8 Å². The van der Waals surface area contributed by atoms with Crippen molar-refractivity contribution in [1.82, 2.24) is 4.57 Å². The summed E-state index contributed by atoms with van der Waals surface area (Å²) in [6.45, 7) is 1.65. The van der Waals surface area contributed by atoms with Crippen molar-refractivity contribution < 1.29 is 15.0 Å². The molecular weight excluding hydrogens is 464 g/mol. The van der Waals surface area contributed by atoms with Crippen molar-refractivity contribution in [2.24, 2.45) is 4.99 Å². The number of aromatic hydroxyl groups is 1. The number of thiazole rings is 1. The molecule has 0 fully saturated rings. The Labute approximate surface area is 175 Å². The molecule has 0 bridgehead atoms. The Morgan fingerprint density at radius 3 is 2.79 bits per heavy atom. The predicted molar refractivity (Wildman–Crippen MR) is 112 cm³/mol. The van der Waals surface area contributed by atoms with Crippen molar-refractivity contribution in [3.63, 3.8) is 0 Å². The van der Waals surface area contributed by atoms with E-state index in [1.807, 2.05) is 17.5 Å². The van der Waals surface area contributed by atoms with Crippen LogP contribution in [0.4, 0.5) is 0 Å². The van der Waals surface area contributed by atoms with E-state index in [9.17, 15) is 19.8 Å². The van der Waals surface area contributed by atoms with Gasteiger partial charge in [0.15, 0.2) is 4.80 Å². The van der Waals surface area contributed by atoms with Crippen LogP contribution in [0.5, 0.6) is 5.75 Å². The maximum absolute atomic E-state index is 13.2. The van der Waals surface area contributed by atoms with E-state index in [4.69, 9.17) is 0 Å². The number of phenolic OH excluding ortho intramolecular Hbond substituents is 1. The zero-order chi connectivity index (χ0) is 20.0. The molecule has 4 rings (SSSR count). The summed E-state index contributed by atoms with van der Waals surface area (Å²) in [4.78, 5) is 30.7. The first kappa shape index (κ1) is 18.9. The van der Waals surface area contributed by atoms with E-state index in [1.165, 1.54) is 33.3 Å². The van der Waals surface area contributed by atoms with Gasteiger partial charge in [-0.05, 0) is 58.1 Å². The Morgan fingerprint density at radius 1 is 1.36 bits per heavy atom. The number of phenols is 1. The number of aromatic nitrogens is 1. The lowest BCUT2D eigenvalue weighted by Crippen LogP contribution is -2.39. The zero-order valence-corrected chi connectivity index (χ0v) is 17.6. The van der Waals surface area contributed by atoms with Crippen LogP contribution in [0, 0.1) is 0 Å². The highest BCUT2D eigenvalue weighted by Crippen LogP contribution is 2.32. The first-order valence-electron chi connectivity index (χ1n) is 8.14. The van der Waals surface area contributed by atoms with Crippen LogP contribution in [0.15, 0.2) is 61.2 Å². The lowest BCUT2D eigenvalue weighted by atomic mass is 10.0. The molecule has 0 radical (unpaired) electrons. The summed E-state index contributed by atoms with van der Waals surface area (Å²) in [7, 11) is 0. The molecule has 0 saturated heterocycles. The van der Waals surface area contributed by atoms with Gasteiger partial charge in [0.25, 0.3) is 5.56 Å². The second-order valence-electron chi connectivity index (χ2n) is 6.11. The van der Waals surface area contributed by atoms with Gasteiger partial charge >= 0.3 is 5.97 Å². The van der Waals surface area contributed by atoms with Crippen molar-refractivity contribution in [2.45, 2.75) is 13.0 Å².